The molecule has 0 unspecified atom stereocenters. The molecule has 0 spiro atoms. The molecule has 0 bridgehead atoms. The molecule has 0 aliphatic carbocycles. The molecule has 2 rings (SSSR count). The molecule has 0 atom stereocenters. The van der Waals surface area contributed by atoms with Crippen LogP contribution in [0.1, 0.15) is 5.82 Å². The third-order valence-electron chi connectivity index (χ3n) is 2.75. The Labute approximate surface area is 106 Å². The van der Waals surface area contributed by atoms with Crippen LogP contribution in [0.15, 0.2) is 24.4 Å². The number of fused-ring (bicyclic) bond motifs is 1. The molecule has 0 fully saturated rings. The largest absolute Gasteiger partial charge is 0.355 e. The maximum absolute atomic E-state index is 5.09. The quantitative estimate of drug-likeness (QED) is 0.572. The van der Waals surface area contributed by atoms with E-state index in [9.17, 15) is 0 Å². The smallest absolute Gasteiger partial charge is 0.169 e. The van der Waals surface area contributed by atoms with Crippen molar-refractivity contribution in [1.29, 1.82) is 0 Å². The van der Waals surface area contributed by atoms with Gasteiger partial charge in [-0.3, -0.25) is 4.40 Å². The molecule has 0 saturated heterocycles. The second-order valence-corrected chi connectivity index (χ2v) is 3.90. The van der Waals surface area contributed by atoms with E-state index in [1.54, 1.807) is 14.2 Å². The van der Waals surface area contributed by atoms with E-state index in [-0.39, 0.29) is 6.29 Å². The van der Waals surface area contributed by atoms with E-state index in [4.69, 9.17) is 9.47 Å². The first-order valence-corrected chi connectivity index (χ1v) is 5.90. The molecule has 0 radical (unpaired) electrons. The molecular weight excluding hydrogens is 232 g/mol. The zero-order valence-electron chi connectivity index (χ0n) is 10.7. The Bertz CT molecular complexity index is 482. The Morgan fingerprint density at radius 3 is 2.89 bits per heavy atom. The molecule has 6 nitrogen and oxygen atoms in total. The molecular formula is C12H18N4O2. The Kier molecular flexibility index (Phi) is 4.63. The van der Waals surface area contributed by atoms with Crippen molar-refractivity contribution in [3.8, 4) is 0 Å². The van der Waals surface area contributed by atoms with Gasteiger partial charge in [0, 0.05) is 39.9 Å². The van der Waals surface area contributed by atoms with E-state index >= 15 is 0 Å². The van der Waals surface area contributed by atoms with Gasteiger partial charge < -0.3 is 14.8 Å². The first kappa shape index (κ1) is 12.9. The summed E-state index contributed by atoms with van der Waals surface area (Å²) in [5.41, 5.74) is 0.874. The zero-order chi connectivity index (χ0) is 12.8. The van der Waals surface area contributed by atoms with Gasteiger partial charge in [-0.2, -0.15) is 0 Å². The number of rotatable bonds is 7. The minimum absolute atomic E-state index is 0.208. The van der Waals surface area contributed by atoms with Crippen molar-refractivity contribution in [3.63, 3.8) is 0 Å². The van der Waals surface area contributed by atoms with E-state index in [0.717, 1.165) is 24.4 Å². The minimum atomic E-state index is -0.208. The fourth-order valence-electron chi connectivity index (χ4n) is 1.74. The molecule has 0 amide bonds. The third-order valence-corrected chi connectivity index (χ3v) is 2.75. The fraction of sp³-hybridized carbons (Fsp3) is 0.500. The summed E-state index contributed by atoms with van der Waals surface area (Å²) in [7, 11) is 3.25. The Morgan fingerprint density at radius 2 is 2.11 bits per heavy atom. The van der Waals surface area contributed by atoms with Gasteiger partial charge in [0.25, 0.3) is 0 Å². The monoisotopic (exact) mass is 250 g/mol. The van der Waals surface area contributed by atoms with Crippen LogP contribution in [-0.2, 0) is 15.9 Å². The van der Waals surface area contributed by atoms with Crippen LogP contribution < -0.4 is 5.32 Å². The Hall–Kier alpha value is -1.50. The second kappa shape index (κ2) is 6.44. The lowest BCUT2D eigenvalue weighted by Gasteiger charge is -2.13. The van der Waals surface area contributed by atoms with E-state index in [1.807, 2.05) is 28.8 Å². The number of hydrogen-bond donors (Lipinski definition) is 1. The van der Waals surface area contributed by atoms with Gasteiger partial charge in [0.2, 0.25) is 0 Å². The van der Waals surface area contributed by atoms with E-state index in [2.05, 4.69) is 15.5 Å². The van der Waals surface area contributed by atoms with Gasteiger partial charge in [-0.05, 0) is 12.1 Å². The fourth-order valence-corrected chi connectivity index (χ4v) is 1.74. The SMILES string of the molecule is COC(CNCCc1nnc2ccccn12)OC. The average molecular weight is 250 g/mol. The van der Waals surface area contributed by atoms with Crippen LogP contribution in [-0.4, -0.2) is 48.2 Å². The first-order valence-electron chi connectivity index (χ1n) is 5.90. The maximum Gasteiger partial charge on any atom is 0.169 e. The molecule has 2 heterocycles. The van der Waals surface area contributed by atoms with Crippen LogP contribution >= 0.6 is 0 Å². The lowest BCUT2D eigenvalue weighted by Crippen LogP contribution is -2.31. The van der Waals surface area contributed by atoms with E-state index < -0.39 is 0 Å². The molecule has 0 saturated carbocycles. The molecule has 2 aromatic heterocycles. The summed E-state index contributed by atoms with van der Waals surface area (Å²) in [5.74, 6) is 0.949. The van der Waals surface area contributed by atoms with Gasteiger partial charge in [0.1, 0.15) is 5.82 Å². The lowest BCUT2D eigenvalue weighted by molar-refractivity contribution is -0.0986. The van der Waals surface area contributed by atoms with Gasteiger partial charge in [-0.25, -0.2) is 0 Å². The highest BCUT2D eigenvalue weighted by Crippen LogP contribution is 2.02. The Balaban J connectivity index is 1.83. The van der Waals surface area contributed by atoms with Gasteiger partial charge >= 0.3 is 0 Å². The van der Waals surface area contributed by atoms with Crippen LogP contribution in [0, 0.1) is 0 Å². The van der Waals surface area contributed by atoms with Crippen molar-refractivity contribution in [3.05, 3.63) is 30.2 Å². The summed E-state index contributed by atoms with van der Waals surface area (Å²) >= 11 is 0. The van der Waals surface area contributed by atoms with Crippen LogP contribution in [0.2, 0.25) is 0 Å². The maximum atomic E-state index is 5.09. The minimum Gasteiger partial charge on any atom is -0.355 e. The van der Waals surface area contributed by atoms with Crippen molar-refractivity contribution in [2.75, 3.05) is 27.3 Å². The highest BCUT2D eigenvalue weighted by Gasteiger charge is 2.06. The molecule has 2 aromatic rings. The highest BCUT2D eigenvalue weighted by atomic mass is 16.7. The molecule has 18 heavy (non-hydrogen) atoms. The van der Waals surface area contributed by atoms with Crippen molar-refractivity contribution in [2.24, 2.45) is 0 Å². The third kappa shape index (κ3) is 3.04. The molecule has 0 aliphatic rings. The molecule has 0 aliphatic heterocycles. The van der Waals surface area contributed by atoms with Crippen LogP contribution in [0.4, 0.5) is 0 Å². The van der Waals surface area contributed by atoms with Gasteiger partial charge in [0.15, 0.2) is 11.9 Å². The number of hydrogen-bond acceptors (Lipinski definition) is 5. The highest BCUT2D eigenvalue weighted by molar-refractivity contribution is 5.36. The normalized spacial score (nSPS) is 11.5. The lowest BCUT2D eigenvalue weighted by atomic mass is 10.4. The summed E-state index contributed by atoms with van der Waals surface area (Å²) in [5, 5.41) is 11.5. The number of nitrogens with zero attached hydrogens (tertiary/aromatic N) is 3. The summed E-state index contributed by atoms with van der Waals surface area (Å²) in [6.07, 6.45) is 2.57. The summed E-state index contributed by atoms with van der Waals surface area (Å²) in [6.45, 7) is 1.46. The van der Waals surface area contributed by atoms with Crippen molar-refractivity contribution < 1.29 is 9.47 Å². The summed E-state index contributed by atoms with van der Waals surface area (Å²) in [4.78, 5) is 0. The number of aromatic nitrogens is 3. The molecule has 0 aromatic carbocycles. The predicted molar refractivity (Wildman–Crippen MR) is 67.4 cm³/mol. The van der Waals surface area contributed by atoms with Crippen LogP contribution in [0.25, 0.3) is 5.65 Å². The zero-order valence-corrected chi connectivity index (χ0v) is 10.7. The van der Waals surface area contributed by atoms with Crippen LogP contribution in [0.3, 0.4) is 0 Å². The molecule has 98 valence electrons. The van der Waals surface area contributed by atoms with Crippen molar-refractivity contribution in [1.82, 2.24) is 19.9 Å². The van der Waals surface area contributed by atoms with Gasteiger partial charge in [-0.15, -0.1) is 10.2 Å². The number of nitrogens with one attached hydrogen (secondary N) is 1. The van der Waals surface area contributed by atoms with Crippen LogP contribution in [0.5, 0.6) is 0 Å². The Morgan fingerprint density at radius 1 is 1.28 bits per heavy atom. The molecule has 6 heteroatoms. The van der Waals surface area contributed by atoms with Gasteiger partial charge in [-0.1, -0.05) is 6.07 Å². The topological polar surface area (TPSA) is 60.7 Å². The number of pyridine rings is 1. The first-order chi connectivity index (χ1) is 8.85. The molecule has 1 N–H and O–H groups in total. The van der Waals surface area contributed by atoms with E-state index in [0.29, 0.717) is 6.54 Å². The summed E-state index contributed by atoms with van der Waals surface area (Å²) < 4.78 is 12.2. The number of ether oxygens (including phenoxy) is 2. The second-order valence-electron chi connectivity index (χ2n) is 3.90. The number of methoxy groups -OCH3 is 2. The van der Waals surface area contributed by atoms with E-state index in [1.165, 1.54) is 0 Å². The van der Waals surface area contributed by atoms with Crippen molar-refractivity contribution in [2.45, 2.75) is 12.7 Å². The summed E-state index contributed by atoms with van der Waals surface area (Å²) in [6, 6.07) is 5.86. The van der Waals surface area contributed by atoms with Gasteiger partial charge in [0.05, 0.1) is 0 Å². The van der Waals surface area contributed by atoms with Crippen molar-refractivity contribution >= 4 is 5.65 Å². The predicted octanol–water partition coefficient (Wildman–Crippen LogP) is 0.480. The average Bonchev–Trinajstić information content (AvgIpc) is 2.82. The standard InChI is InChI=1S/C12H18N4O2/c1-17-12(18-2)9-13-7-6-11-15-14-10-5-3-4-8-16(10)11/h3-5,8,12-13H,6-7,9H2,1-2H3.